The zero-order valence-corrected chi connectivity index (χ0v) is 16.3. The van der Waals surface area contributed by atoms with Gasteiger partial charge in [-0.25, -0.2) is 0 Å². The SMILES string of the molecule is COC(=O)CC(SC[C@H](NC(=O)CC[C@H](N)C(=O)O)C(=O)NCC(=O)O)C(=O)O. The second kappa shape index (κ2) is 13.3. The first-order valence-corrected chi connectivity index (χ1v) is 9.21. The first-order chi connectivity index (χ1) is 13.5. The Morgan fingerprint density at radius 2 is 1.69 bits per heavy atom. The second-order valence-electron chi connectivity index (χ2n) is 5.66. The third-order valence-electron chi connectivity index (χ3n) is 3.38. The van der Waals surface area contributed by atoms with E-state index in [4.69, 9.17) is 21.1 Å². The highest BCUT2D eigenvalue weighted by atomic mass is 32.2. The minimum Gasteiger partial charge on any atom is -0.480 e. The molecule has 7 N–H and O–H groups in total. The number of carbonyl (C=O) groups excluding carboxylic acids is 3. The van der Waals surface area contributed by atoms with Crippen molar-refractivity contribution in [2.75, 3.05) is 19.4 Å². The van der Waals surface area contributed by atoms with Gasteiger partial charge in [-0.3, -0.25) is 28.8 Å². The van der Waals surface area contributed by atoms with Crippen LogP contribution in [0.2, 0.25) is 0 Å². The minimum atomic E-state index is -1.34. The summed E-state index contributed by atoms with van der Waals surface area (Å²) in [6.45, 7) is -0.732. The molecule has 0 bridgehead atoms. The lowest BCUT2D eigenvalue weighted by Crippen LogP contribution is -2.50. The number of carboxylic acid groups (broad SMARTS) is 3. The smallest absolute Gasteiger partial charge is 0.322 e. The van der Waals surface area contributed by atoms with Crippen LogP contribution in [0.25, 0.3) is 0 Å². The summed E-state index contributed by atoms with van der Waals surface area (Å²) in [6, 6.07) is -2.61. The van der Waals surface area contributed by atoms with E-state index in [1.54, 1.807) is 0 Å². The van der Waals surface area contributed by atoms with Crippen LogP contribution >= 0.6 is 11.8 Å². The molecule has 164 valence electrons. The van der Waals surface area contributed by atoms with Crippen LogP contribution in [0.1, 0.15) is 19.3 Å². The number of carbonyl (C=O) groups is 6. The van der Waals surface area contributed by atoms with Crippen LogP contribution in [0.4, 0.5) is 0 Å². The van der Waals surface area contributed by atoms with Crippen molar-refractivity contribution >= 4 is 47.5 Å². The fraction of sp³-hybridized carbons (Fsp3) is 0.600. The number of amides is 2. The number of esters is 1. The van der Waals surface area contributed by atoms with Gasteiger partial charge in [0.05, 0.1) is 13.5 Å². The Labute approximate surface area is 169 Å². The van der Waals surface area contributed by atoms with E-state index in [9.17, 15) is 28.8 Å². The topological polar surface area (TPSA) is 222 Å². The van der Waals surface area contributed by atoms with Gasteiger partial charge in [0.2, 0.25) is 11.8 Å². The van der Waals surface area contributed by atoms with Gasteiger partial charge in [0.1, 0.15) is 23.9 Å². The molecule has 13 nitrogen and oxygen atoms in total. The summed E-state index contributed by atoms with van der Waals surface area (Å²) in [4.78, 5) is 67.9. The molecule has 2 amide bonds. The maximum atomic E-state index is 12.1. The average molecular weight is 437 g/mol. The predicted molar refractivity (Wildman–Crippen MR) is 97.9 cm³/mol. The number of nitrogens with one attached hydrogen (secondary N) is 2. The Balaban J connectivity index is 5.03. The lowest BCUT2D eigenvalue weighted by molar-refractivity contribution is -0.145. The first kappa shape index (κ1) is 26.1. The van der Waals surface area contributed by atoms with Crippen LogP contribution in [0.3, 0.4) is 0 Å². The van der Waals surface area contributed by atoms with Crippen molar-refractivity contribution in [3.8, 4) is 0 Å². The normalized spacial score (nSPS) is 13.4. The quantitative estimate of drug-likeness (QED) is 0.157. The summed E-state index contributed by atoms with van der Waals surface area (Å²) in [7, 11) is 1.08. The van der Waals surface area contributed by atoms with Crippen LogP contribution < -0.4 is 16.4 Å². The summed E-state index contributed by atoms with van der Waals surface area (Å²) in [6.07, 6.45) is -1.02. The molecule has 0 saturated carbocycles. The number of carboxylic acids is 3. The molecule has 29 heavy (non-hydrogen) atoms. The summed E-state index contributed by atoms with van der Waals surface area (Å²) < 4.78 is 4.40. The number of hydrogen-bond acceptors (Lipinski definition) is 9. The Kier molecular flexibility index (Phi) is 12.0. The maximum absolute atomic E-state index is 12.1. The molecular weight excluding hydrogens is 414 g/mol. The van der Waals surface area contributed by atoms with Gasteiger partial charge in [-0.2, -0.15) is 0 Å². The number of ether oxygens (including phenoxy) is 1. The van der Waals surface area contributed by atoms with E-state index in [0.29, 0.717) is 11.8 Å². The minimum absolute atomic E-state index is 0.210. The molecular formula is C15H23N3O10S. The largest absolute Gasteiger partial charge is 0.480 e. The molecule has 3 atom stereocenters. The van der Waals surface area contributed by atoms with Gasteiger partial charge in [-0.1, -0.05) is 0 Å². The molecule has 0 aliphatic carbocycles. The predicted octanol–water partition coefficient (Wildman–Crippen LogP) is -2.39. The molecule has 0 aliphatic heterocycles. The number of aliphatic carboxylic acids is 3. The van der Waals surface area contributed by atoms with Crippen molar-refractivity contribution in [2.24, 2.45) is 5.73 Å². The monoisotopic (exact) mass is 437 g/mol. The molecule has 14 heteroatoms. The second-order valence-corrected chi connectivity index (χ2v) is 6.89. The molecule has 0 rings (SSSR count). The molecule has 0 aliphatic rings. The van der Waals surface area contributed by atoms with Crippen molar-refractivity contribution < 1.29 is 48.8 Å². The number of thioether (sulfide) groups is 1. The average Bonchev–Trinajstić information content (AvgIpc) is 2.65. The van der Waals surface area contributed by atoms with Crippen LogP contribution in [-0.2, 0) is 33.5 Å². The first-order valence-electron chi connectivity index (χ1n) is 8.16. The number of nitrogens with two attached hydrogens (primary N) is 1. The molecule has 0 spiro atoms. The number of rotatable bonds is 14. The highest BCUT2D eigenvalue weighted by Gasteiger charge is 2.28. The third kappa shape index (κ3) is 11.5. The molecule has 0 aromatic rings. The van der Waals surface area contributed by atoms with Crippen LogP contribution in [0, 0.1) is 0 Å². The molecule has 1 unspecified atom stereocenters. The zero-order chi connectivity index (χ0) is 22.6. The summed E-state index contributed by atoms with van der Waals surface area (Å²) in [5.74, 6) is -6.70. The molecule has 0 radical (unpaired) electrons. The van der Waals surface area contributed by atoms with Gasteiger partial charge in [0.15, 0.2) is 0 Å². The van der Waals surface area contributed by atoms with Gasteiger partial charge in [-0.05, 0) is 6.42 Å². The molecule has 0 aromatic carbocycles. The molecule has 0 aromatic heterocycles. The van der Waals surface area contributed by atoms with E-state index >= 15 is 0 Å². The fourth-order valence-electron chi connectivity index (χ4n) is 1.81. The molecule has 0 saturated heterocycles. The van der Waals surface area contributed by atoms with Gasteiger partial charge in [0.25, 0.3) is 0 Å². The van der Waals surface area contributed by atoms with E-state index in [0.717, 1.165) is 7.11 Å². The number of methoxy groups -OCH3 is 1. The molecule has 0 fully saturated rings. The van der Waals surface area contributed by atoms with Crippen LogP contribution in [-0.4, -0.2) is 87.8 Å². The van der Waals surface area contributed by atoms with Crippen molar-refractivity contribution in [1.29, 1.82) is 0 Å². The van der Waals surface area contributed by atoms with Crippen molar-refractivity contribution in [3.05, 3.63) is 0 Å². The summed E-state index contributed by atoms with van der Waals surface area (Å²) in [5.41, 5.74) is 5.29. The van der Waals surface area contributed by atoms with Crippen molar-refractivity contribution in [2.45, 2.75) is 36.6 Å². The zero-order valence-electron chi connectivity index (χ0n) is 15.5. The van der Waals surface area contributed by atoms with Gasteiger partial charge >= 0.3 is 23.9 Å². The Morgan fingerprint density at radius 3 is 2.17 bits per heavy atom. The van der Waals surface area contributed by atoms with Crippen LogP contribution in [0.15, 0.2) is 0 Å². The van der Waals surface area contributed by atoms with E-state index in [2.05, 4.69) is 15.4 Å². The maximum Gasteiger partial charge on any atom is 0.322 e. The fourth-order valence-corrected chi connectivity index (χ4v) is 2.87. The lowest BCUT2D eigenvalue weighted by atomic mass is 10.1. The standard InChI is InChI=1S/C15H23N3O10S/c1-28-12(22)4-9(15(26)27)29-6-8(13(23)17-5-11(20)21)18-10(19)3-2-7(16)14(24)25/h7-9H,2-6,16H2,1H3,(H,17,23)(H,18,19)(H,20,21)(H,24,25)(H,26,27)/t7-,8-,9?/m0/s1. The third-order valence-corrected chi connectivity index (χ3v) is 4.68. The highest BCUT2D eigenvalue weighted by molar-refractivity contribution is 8.00. The van der Waals surface area contributed by atoms with E-state index in [-0.39, 0.29) is 18.6 Å². The van der Waals surface area contributed by atoms with E-state index in [1.165, 1.54) is 0 Å². The van der Waals surface area contributed by atoms with E-state index < -0.39 is 66.0 Å². The molecule has 0 heterocycles. The van der Waals surface area contributed by atoms with Gasteiger partial charge < -0.3 is 36.4 Å². The van der Waals surface area contributed by atoms with E-state index in [1.807, 2.05) is 0 Å². The van der Waals surface area contributed by atoms with Crippen molar-refractivity contribution in [3.63, 3.8) is 0 Å². The van der Waals surface area contributed by atoms with Crippen molar-refractivity contribution in [1.82, 2.24) is 10.6 Å². The Morgan fingerprint density at radius 1 is 1.07 bits per heavy atom. The Hall–Kier alpha value is -2.87. The Bertz CT molecular complexity index is 642. The lowest BCUT2D eigenvalue weighted by Gasteiger charge is -2.20. The number of hydrogen-bond donors (Lipinski definition) is 6. The van der Waals surface area contributed by atoms with Gasteiger partial charge in [0, 0.05) is 12.2 Å². The van der Waals surface area contributed by atoms with Crippen LogP contribution in [0.5, 0.6) is 0 Å². The van der Waals surface area contributed by atoms with Gasteiger partial charge in [-0.15, -0.1) is 11.8 Å². The summed E-state index contributed by atoms with van der Waals surface area (Å²) >= 11 is 0.673. The summed E-state index contributed by atoms with van der Waals surface area (Å²) in [5, 5.41) is 29.6. The highest BCUT2D eigenvalue weighted by Crippen LogP contribution is 2.17.